The lowest BCUT2D eigenvalue weighted by atomic mass is 10.2. The number of nitrogens with two attached hydrogens (primary N) is 1. The largest absolute Gasteiger partial charge is 0.480 e. The van der Waals surface area contributed by atoms with Crippen molar-refractivity contribution in [3.63, 3.8) is 0 Å². The van der Waals surface area contributed by atoms with E-state index in [1.54, 1.807) is 0 Å². The number of aliphatic hydroxyl groups is 1. The number of carbonyl (C=O) groups excluding carboxylic acids is 2. The molecule has 0 fully saturated rings. The Hall–Kier alpha value is -1.67. The molecule has 0 radical (unpaired) electrons. The molecule has 0 spiro atoms. The second kappa shape index (κ2) is 6.81. The predicted molar refractivity (Wildman–Crippen MR) is 57.9 cm³/mol. The van der Waals surface area contributed by atoms with E-state index in [-0.39, 0.29) is 0 Å². The minimum atomic E-state index is -1.21. The van der Waals surface area contributed by atoms with Crippen molar-refractivity contribution in [3.05, 3.63) is 0 Å². The number of rotatable bonds is 6. The maximum Gasteiger partial charge on any atom is 0.325 e. The molecule has 8 heteroatoms. The number of carboxylic acid groups (broad SMARTS) is 1. The number of amides is 2. The van der Waals surface area contributed by atoms with E-state index in [2.05, 4.69) is 10.6 Å². The third-order valence-corrected chi connectivity index (χ3v) is 1.96. The molecule has 0 saturated heterocycles. The van der Waals surface area contributed by atoms with Crippen LogP contribution < -0.4 is 16.4 Å². The quantitative estimate of drug-likeness (QED) is 0.348. The molecule has 0 aromatic heterocycles. The van der Waals surface area contributed by atoms with Gasteiger partial charge in [-0.25, -0.2) is 0 Å². The van der Waals surface area contributed by atoms with E-state index in [0.29, 0.717) is 0 Å². The van der Waals surface area contributed by atoms with Gasteiger partial charge in [-0.2, -0.15) is 0 Å². The predicted octanol–water partition coefficient (Wildman–Crippen LogP) is -2.60. The second-order valence-electron chi connectivity index (χ2n) is 3.60. The first-order valence-electron chi connectivity index (χ1n) is 4.99. The summed E-state index contributed by atoms with van der Waals surface area (Å²) in [5.41, 5.74) is 5.27. The molecule has 0 rings (SSSR count). The second-order valence-corrected chi connectivity index (χ2v) is 3.60. The van der Waals surface area contributed by atoms with Gasteiger partial charge in [0.2, 0.25) is 11.8 Å². The summed E-state index contributed by atoms with van der Waals surface area (Å²) in [5, 5.41) is 21.8. The summed E-state index contributed by atoms with van der Waals surface area (Å²) >= 11 is 0. The number of aliphatic hydroxyl groups excluding tert-OH is 1. The Balaban J connectivity index is 4.41. The first-order valence-corrected chi connectivity index (χ1v) is 4.99. The summed E-state index contributed by atoms with van der Waals surface area (Å²) in [7, 11) is 0. The van der Waals surface area contributed by atoms with Crippen molar-refractivity contribution in [3.8, 4) is 0 Å². The minimum absolute atomic E-state index is 0.609. The van der Waals surface area contributed by atoms with Crippen LogP contribution in [-0.2, 0) is 14.4 Å². The molecule has 0 aliphatic carbocycles. The zero-order chi connectivity index (χ0) is 13.6. The number of aliphatic carboxylic acids is 1. The van der Waals surface area contributed by atoms with Crippen molar-refractivity contribution in [2.24, 2.45) is 5.73 Å². The van der Waals surface area contributed by atoms with Crippen LogP contribution in [0.5, 0.6) is 0 Å². The van der Waals surface area contributed by atoms with Crippen molar-refractivity contribution >= 4 is 17.8 Å². The van der Waals surface area contributed by atoms with E-state index in [4.69, 9.17) is 15.9 Å². The van der Waals surface area contributed by atoms with Crippen LogP contribution in [0.1, 0.15) is 13.8 Å². The van der Waals surface area contributed by atoms with Gasteiger partial charge in [0.1, 0.15) is 12.1 Å². The highest BCUT2D eigenvalue weighted by molar-refractivity contribution is 5.91. The molecule has 0 aromatic rings. The number of hydrogen-bond donors (Lipinski definition) is 5. The lowest BCUT2D eigenvalue weighted by Crippen LogP contribution is -2.54. The Morgan fingerprint density at radius 1 is 1.18 bits per heavy atom. The fourth-order valence-corrected chi connectivity index (χ4v) is 0.873. The average molecular weight is 247 g/mol. The summed E-state index contributed by atoms with van der Waals surface area (Å²) < 4.78 is 0. The average Bonchev–Trinajstić information content (AvgIpc) is 2.24. The monoisotopic (exact) mass is 247 g/mol. The molecular formula is C9H17N3O5. The van der Waals surface area contributed by atoms with E-state index < -0.39 is 42.5 Å². The van der Waals surface area contributed by atoms with Crippen LogP contribution in [0.2, 0.25) is 0 Å². The zero-order valence-corrected chi connectivity index (χ0v) is 9.64. The van der Waals surface area contributed by atoms with Crippen molar-refractivity contribution < 1.29 is 24.6 Å². The minimum Gasteiger partial charge on any atom is -0.480 e. The molecule has 3 atom stereocenters. The molecule has 0 aliphatic heterocycles. The van der Waals surface area contributed by atoms with Gasteiger partial charge < -0.3 is 26.6 Å². The summed E-state index contributed by atoms with van der Waals surface area (Å²) in [6.07, 6.45) is 0. The smallest absolute Gasteiger partial charge is 0.325 e. The molecule has 0 bridgehead atoms. The first kappa shape index (κ1) is 15.3. The maximum atomic E-state index is 11.5. The molecule has 17 heavy (non-hydrogen) atoms. The Kier molecular flexibility index (Phi) is 6.15. The highest BCUT2D eigenvalue weighted by atomic mass is 16.4. The van der Waals surface area contributed by atoms with Gasteiger partial charge in [0.05, 0.1) is 12.6 Å². The molecule has 3 unspecified atom stereocenters. The van der Waals surface area contributed by atoms with Gasteiger partial charge in [0.25, 0.3) is 0 Å². The van der Waals surface area contributed by atoms with Crippen molar-refractivity contribution in [1.29, 1.82) is 0 Å². The van der Waals surface area contributed by atoms with Gasteiger partial charge in [-0.1, -0.05) is 0 Å². The van der Waals surface area contributed by atoms with Crippen LogP contribution in [0.4, 0.5) is 0 Å². The van der Waals surface area contributed by atoms with Gasteiger partial charge in [-0.3, -0.25) is 14.4 Å². The maximum absolute atomic E-state index is 11.5. The number of carbonyl (C=O) groups is 3. The molecule has 0 heterocycles. The molecule has 0 aliphatic rings. The van der Waals surface area contributed by atoms with E-state index in [1.807, 2.05) is 0 Å². The third-order valence-electron chi connectivity index (χ3n) is 1.96. The highest BCUT2D eigenvalue weighted by Crippen LogP contribution is 1.89. The topological polar surface area (TPSA) is 142 Å². The van der Waals surface area contributed by atoms with Gasteiger partial charge in [-0.15, -0.1) is 0 Å². The Labute approximate surface area is 98.2 Å². The van der Waals surface area contributed by atoms with Gasteiger partial charge in [0, 0.05) is 0 Å². The SMILES string of the molecule is CC(N)C(=O)NC(CO)C(=O)NC(C)C(=O)O. The first-order chi connectivity index (χ1) is 7.79. The normalized spacial score (nSPS) is 15.5. The fourth-order valence-electron chi connectivity index (χ4n) is 0.873. The van der Waals surface area contributed by atoms with Crippen molar-refractivity contribution in [2.75, 3.05) is 6.61 Å². The number of hydrogen-bond acceptors (Lipinski definition) is 5. The zero-order valence-electron chi connectivity index (χ0n) is 9.64. The van der Waals surface area contributed by atoms with Crippen molar-refractivity contribution in [1.82, 2.24) is 10.6 Å². The summed E-state index contributed by atoms with van der Waals surface area (Å²) in [6.45, 7) is 2.04. The number of nitrogens with one attached hydrogen (secondary N) is 2. The lowest BCUT2D eigenvalue weighted by molar-refractivity contribution is -0.142. The van der Waals surface area contributed by atoms with E-state index in [9.17, 15) is 14.4 Å². The van der Waals surface area contributed by atoms with Crippen LogP contribution in [0, 0.1) is 0 Å². The van der Waals surface area contributed by atoms with Gasteiger partial charge in [-0.05, 0) is 13.8 Å². The molecule has 0 saturated carbocycles. The highest BCUT2D eigenvalue weighted by Gasteiger charge is 2.24. The third kappa shape index (κ3) is 5.27. The van der Waals surface area contributed by atoms with E-state index >= 15 is 0 Å². The van der Waals surface area contributed by atoms with Gasteiger partial charge in [0.15, 0.2) is 0 Å². The summed E-state index contributed by atoms with van der Waals surface area (Å²) in [6, 6.07) is -3.15. The van der Waals surface area contributed by atoms with E-state index in [0.717, 1.165) is 0 Å². The van der Waals surface area contributed by atoms with E-state index in [1.165, 1.54) is 13.8 Å². The molecule has 0 aromatic carbocycles. The Morgan fingerprint density at radius 3 is 2.06 bits per heavy atom. The summed E-state index contributed by atoms with van der Waals surface area (Å²) in [5.74, 6) is -2.60. The summed E-state index contributed by atoms with van der Waals surface area (Å²) in [4.78, 5) is 33.1. The van der Waals surface area contributed by atoms with Crippen LogP contribution in [0.3, 0.4) is 0 Å². The molecule has 8 nitrogen and oxygen atoms in total. The van der Waals surface area contributed by atoms with Crippen LogP contribution in [0.25, 0.3) is 0 Å². The molecular weight excluding hydrogens is 230 g/mol. The van der Waals surface area contributed by atoms with Crippen LogP contribution in [0.15, 0.2) is 0 Å². The number of carboxylic acids is 1. The Bertz CT molecular complexity index is 305. The van der Waals surface area contributed by atoms with Gasteiger partial charge >= 0.3 is 5.97 Å². The lowest BCUT2D eigenvalue weighted by Gasteiger charge is -2.18. The standard InChI is InChI=1S/C9H17N3O5/c1-4(10)7(14)12-6(3-13)8(15)11-5(2)9(16)17/h4-6,13H,3,10H2,1-2H3,(H,11,15)(H,12,14)(H,16,17). The van der Waals surface area contributed by atoms with Crippen LogP contribution in [-0.4, -0.2) is 52.7 Å². The molecule has 2 amide bonds. The molecule has 6 N–H and O–H groups in total. The molecule has 98 valence electrons. The fraction of sp³-hybridized carbons (Fsp3) is 0.667. The van der Waals surface area contributed by atoms with Crippen molar-refractivity contribution in [2.45, 2.75) is 32.0 Å². The Morgan fingerprint density at radius 2 is 1.71 bits per heavy atom. The van der Waals surface area contributed by atoms with Crippen LogP contribution >= 0.6 is 0 Å².